The van der Waals surface area contributed by atoms with E-state index in [1.807, 2.05) is 0 Å². The highest BCUT2D eigenvalue weighted by atomic mass is 35.5. The Hall–Kier alpha value is -2.97. The van der Waals surface area contributed by atoms with Crippen LogP contribution in [0.15, 0.2) is 17.1 Å². The topological polar surface area (TPSA) is 98.7 Å². The van der Waals surface area contributed by atoms with Crippen molar-refractivity contribution in [2.45, 2.75) is 26.1 Å². The Labute approximate surface area is 183 Å². The molecular formula is C18H13Cl2F3N4O4. The second kappa shape index (κ2) is 9.03. The maximum Gasteiger partial charge on any atom is 0.573 e. The van der Waals surface area contributed by atoms with Crippen LogP contribution in [0.1, 0.15) is 25.5 Å². The van der Waals surface area contributed by atoms with Crippen LogP contribution in [0.3, 0.4) is 0 Å². The number of ether oxygens (including phenoxy) is 3. The first kappa shape index (κ1) is 22.7. The van der Waals surface area contributed by atoms with Gasteiger partial charge < -0.3 is 14.2 Å². The fraction of sp³-hybridized carbons (Fsp3) is 0.333. The van der Waals surface area contributed by atoms with Gasteiger partial charge in [-0.3, -0.25) is 4.79 Å². The van der Waals surface area contributed by atoms with Gasteiger partial charge >= 0.3 is 12.3 Å². The Morgan fingerprint density at radius 3 is 2.55 bits per heavy atom. The molecule has 13 heteroatoms. The van der Waals surface area contributed by atoms with Gasteiger partial charge in [-0.15, -0.1) is 13.2 Å². The van der Waals surface area contributed by atoms with Crippen molar-refractivity contribution in [3.05, 3.63) is 27.9 Å². The van der Waals surface area contributed by atoms with E-state index in [9.17, 15) is 23.2 Å². The molecule has 0 aliphatic heterocycles. The van der Waals surface area contributed by atoms with E-state index in [-0.39, 0.29) is 45.5 Å². The van der Waals surface area contributed by atoms with E-state index in [2.05, 4.69) is 14.8 Å². The number of aliphatic imine (C=N–C) groups is 1. The van der Waals surface area contributed by atoms with Crippen LogP contribution in [0.4, 0.5) is 19.0 Å². The summed E-state index contributed by atoms with van der Waals surface area (Å²) in [6, 6.07) is 3.52. The molecule has 1 fully saturated rings. The molecule has 0 spiro atoms. The molecule has 0 saturated heterocycles. The summed E-state index contributed by atoms with van der Waals surface area (Å²) in [4.78, 5) is 16.2. The molecule has 1 aromatic heterocycles. The standard InChI is InChI=1S/C18H13Cl2F3N4O4/c1-2-29-8-25-16-15(30-17(28)9-3-4-9)13(7-24)26-27(16)14-11(19)5-10(6-12(14)20)31-18(21,22)23/h5-6,8-9H,2-4H2,1H3. The highest BCUT2D eigenvalue weighted by Crippen LogP contribution is 2.42. The second-order valence-electron chi connectivity index (χ2n) is 6.19. The molecule has 0 N–H and O–H groups in total. The van der Waals surface area contributed by atoms with Gasteiger partial charge in [-0.1, -0.05) is 23.2 Å². The zero-order valence-corrected chi connectivity index (χ0v) is 17.3. The number of halogens is 5. The number of benzene rings is 1. The lowest BCUT2D eigenvalue weighted by atomic mass is 10.3. The van der Waals surface area contributed by atoms with Gasteiger partial charge in [0.15, 0.2) is 6.40 Å². The SMILES string of the molecule is CCOC=Nc1c(OC(=O)C2CC2)c(C#N)nn1-c1c(Cl)cc(OC(F)(F)F)cc1Cl. The van der Waals surface area contributed by atoms with Gasteiger partial charge in [0.05, 0.1) is 22.6 Å². The monoisotopic (exact) mass is 476 g/mol. The summed E-state index contributed by atoms with van der Waals surface area (Å²) in [7, 11) is 0. The quantitative estimate of drug-likeness (QED) is 0.318. The van der Waals surface area contributed by atoms with E-state index in [0.29, 0.717) is 12.8 Å². The molecule has 0 bridgehead atoms. The van der Waals surface area contributed by atoms with Gasteiger partial charge in [0.25, 0.3) is 0 Å². The van der Waals surface area contributed by atoms with E-state index in [1.165, 1.54) is 0 Å². The lowest BCUT2D eigenvalue weighted by Crippen LogP contribution is -2.17. The number of esters is 1. The number of hydrogen-bond acceptors (Lipinski definition) is 7. The van der Waals surface area contributed by atoms with Crippen LogP contribution in [0.25, 0.3) is 5.69 Å². The van der Waals surface area contributed by atoms with Crippen molar-refractivity contribution in [2.75, 3.05) is 6.61 Å². The molecule has 0 atom stereocenters. The minimum Gasteiger partial charge on any atom is -0.483 e. The average molecular weight is 477 g/mol. The summed E-state index contributed by atoms with van der Waals surface area (Å²) in [6.45, 7) is 1.97. The number of nitriles is 1. The zero-order valence-electron chi connectivity index (χ0n) is 15.7. The number of carbonyl (C=O) groups excluding carboxylic acids is 1. The summed E-state index contributed by atoms with van der Waals surface area (Å²) in [5.74, 6) is -1.91. The molecule has 3 rings (SSSR count). The van der Waals surface area contributed by atoms with Crippen molar-refractivity contribution in [2.24, 2.45) is 10.9 Å². The number of carbonyl (C=O) groups is 1. The number of alkyl halides is 3. The Bertz CT molecular complexity index is 1050. The molecule has 1 heterocycles. The minimum atomic E-state index is -4.95. The minimum absolute atomic E-state index is 0.105. The summed E-state index contributed by atoms with van der Waals surface area (Å²) >= 11 is 12.3. The number of rotatable bonds is 7. The van der Waals surface area contributed by atoms with Crippen LogP contribution in [0.2, 0.25) is 10.0 Å². The fourth-order valence-electron chi connectivity index (χ4n) is 2.43. The number of nitrogens with zero attached hydrogens (tertiary/aromatic N) is 4. The fourth-order valence-corrected chi connectivity index (χ4v) is 3.06. The molecule has 1 aliphatic carbocycles. The number of aromatic nitrogens is 2. The van der Waals surface area contributed by atoms with E-state index in [0.717, 1.165) is 23.2 Å². The molecular weight excluding hydrogens is 464 g/mol. The van der Waals surface area contributed by atoms with E-state index in [1.54, 1.807) is 13.0 Å². The Morgan fingerprint density at radius 2 is 2.03 bits per heavy atom. The maximum atomic E-state index is 12.5. The Balaban J connectivity index is 2.12. The summed E-state index contributed by atoms with van der Waals surface area (Å²) < 4.78 is 52.7. The third-order valence-electron chi connectivity index (χ3n) is 3.89. The maximum absolute atomic E-state index is 12.5. The molecule has 2 aromatic rings. The first-order chi connectivity index (χ1) is 14.6. The average Bonchev–Trinajstić information content (AvgIpc) is 3.46. The molecule has 31 heavy (non-hydrogen) atoms. The van der Waals surface area contributed by atoms with Crippen LogP contribution in [-0.4, -0.2) is 35.1 Å². The van der Waals surface area contributed by atoms with Gasteiger partial charge in [0.1, 0.15) is 17.5 Å². The summed E-state index contributed by atoms with van der Waals surface area (Å²) in [5.41, 5.74) is -0.410. The van der Waals surface area contributed by atoms with Gasteiger partial charge in [-0.25, -0.2) is 4.68 Å². The highest BCUT2D eigenvalue weighted by Gasteiger charge is 2.35. The Kier molecular flexibility index (Phi) is 6.62. The third kappa shape index (κ3) is 5.39. The van der Waals surface area contributed by atoms with Crippen molar-refractivity contribution in [1.82, 2.24) is 9.78 Å². The molecule has 1 aromatic carbocycles. The lowest BCUT2D eigenvalue weighted by Gasteiger charge is -2.13. The van der Waals surface area contributed by atoms with Gasteiger partial charge in [-0.05, 0) is 19.8 Å². The largest absolute Gasteiger partial charge is 0.573 e. The lowest BCUT2D eigenvalue weighted by molar-refractivity contribution is -0.274. The highest BCUT2D eigenvalue weighted by molar-refractivity contribution is 6.38. The molecule has 8 nitrogen and oxygen atoms in total. The van der Waals surface area contributed by atoms with Crippen LogP contribution in [0, 0.1) is 17.2 Å². The second-order valence-corrected chi connectivity index (χ2v) is 7.01. The van der Waals surface area contributed by atoms with Crippen molar-refractivity contribution in [3.8, 4) is 23.3 Å². The van der Waals surface area contributed by atoms with Gasteiger partial charge in [0, 0.05) is 12.1 Å². The third-order valence-corrected chi connectivity index (χ3v) is 4.47. The van der Waals surface area contributed by atoms with Crippen LogP contribution < -0.4 is 9.47 Å². The Morgan fingerprint density at radius 1 is 1.39 bits per heavy atom. The summed E-state index contributed by atoms with van der Waals surface area (Å²) in [6.07, 6.45) is -2.60. The molecule has 0 unspecified atom stereocenters. The molecule has 0 radical (unpaired) electrons. The predicted molar refractivity (Wildman–Crippen MR) is 103 cm³/mol. The first-order valence-electron chi connectivity index (χ1n) is 8.78. The molecule has 1 saturated carbocycles. The van der Waals surface area contributed by atoms with Gasteiger partial charge in [-0.2, -0.15) is 15.4 Å². The van der Waals surface area contributed by atoms with Crippen LogP contribution in [-0.2, 0) is 9.53 Å². The summed E-state index contributed by atoms with van der Waals surface area (Å²) in [5, 5.41) is 12.9. The van der Waals surface area contributed by atoms with Crippen LogP contribution >= 0.6 is 23.2 Å². The molecule has 164 valence electrons. The zero-order chi connectivity index (χ0) is 22.8. The predicted octanol–water partition coefficient (Wildman–Crippen LogP) is 4.96. The normalized spacial score (nSPS) is 13.8. The van der Waals surface area contributed by atoms with E-state index < -0.39 is 18.1 Å². The number of hydrogen-bond donors (Lipinski definition) is 0. The first-order valence-corrected chi connectivity index (χ1v) is 9.54. The molecule has 1 aliphatic rings. The smallest absolute Gasteiger partial charge is 0.483 e. The van der Waals surface area contributed by atoms with Gasteiger partial charge in [0.2, 0.25) is 17.3 Å². The van der Waals surface area contributed by atoms with E-state index in [4.69, 9.17) is 32.7 Å². The van der Waals surface area contributed by atoms with E-state index >= 15 is 0 Å². The van der Waals surface area contributed by atoms with Crippen LogP contribution in [0.5, 0.6) is 11.5 Å². The van der Waals surface area contributed by atoms with Crippen molar-refractivity contribution in [1.29, 1.82) is 5.26 Å². The molecule has 0 amide bonds. The van der Waals surface area contributed by atoms with Crippen molar-refractivity contribution in [3.63, 3.8) is 0 Å². The van der Waals surface area contributed by atoms with Crippen molar-refractivity contribution < 1.29 is 32.2 Å². The van der Waals surface area contributed by atoms with Crippen molar-refractivity contribution >= 4 is 41.4 Å².